The molecule has 3 aromatic carbocycles. The molecular weight excluding hydrogens is 288 g/mol. The fourth-order valence-electron chi connectivity index (χ4n) is 2.69. The van der Waals surface area contributed by atoms with Crippen molar-refractivity contribution in [2.75, 3.05) is 19.8 Å². The molecule has 0 N–H and O–H groups in total. The van der Waals surface area contributed by atoms with Crippen molar-refractivity contribution >= 4 is 27.5 Å². The Morgan fingerprint density at radius 3 is 2.43 bits per heavy atom. The molecule has 0 unspecified atom stereocenters. The first-order valence-electron chi connectivity index (χ1n) is 7.96. The second-order valence-electron chi connectivity index (χ2n) is 5.41. The minimum absolute atomic E-state index is 0.276. The summed E-state index contributed by atoms with van der Waals surface area (Å²) in [7, 11) is 0. The van der Waals surface area contributed by atoms with Gasteiger partial charge in [-0.15, -0.1) is 0 Å². The van der Waals surface area contributed by atoms with Gasteiger partial charge in [-0.1, -0.05) is 36.4 Å². The first-order chi connectivity index (χ1) is 11.3. The summed E-state index contributed by atoms with van der Waals surface area (Å²) in [6.07, 6.45) is 0.716. The maximum Gasteiger partial charge on any atom is 0.338 e. The molecule has 0 saturated carbocycles. The Morgan fingerprint density at radius 2 is 1.65 bits per heavy atom. The van der Waals surface area contributed by atoms with Crippen molar-refractivity contribution in [2.45, 2.75) is 13.3 Å². The van der Waals surface area contributed by atoms with Crippen molar-refractivity contribution in [1.82, 2.24) is 0 Å². The first-order valence-corrected chi connectivity index (χ1v) is 7.96. The molecule has 0 aliphatic carbocycles. The summed E-state index contributed by atoms with van der Waals surface area (Å²) in [4.78, 5) is 12.4. The third kappa shape index (κ3) is 3.51. The zero-order chi connectivity index (χ0) is 16.1. The van der Waals surface area contributed by atoms with Crippen molar-refractivity contribution in [2.24, 2.45) is 0 Å². The molecule has 3 nitrogen and oxygen atoms in total. The quantitative estimate of drug-likeness (QED) is 0.380. The van der Waals surface area contributed by atoms with Gasteiger partial charge in [-0.3, -0.25) is 0 Å². The number of hydrogen-bond donors (Lipinski definition) is 0. The molecule has 0 atom stereocenters. The number of ether oxygens (including phenoxy) is 2. The molecule has 0 saturated heterocycles. The lowest BCUT2D eigenvalue weighted by molar-refractivity contribution is 0.0454. The number of carbonyl (C=O) groups excluding carboxylic acids is 1. The van der Waals surface area contributed by atoms with Gasteiger partial charge in [0.2, 0.25) is 0 Å². The average molecular weight is 308 g/mol. The van der Waals surface area contributed by atoms with Crippen LogP contribution in [-0.4, -0.2) is 25.8 Å². The lowest BCUT2D eigenvalue weighted by atomic mass is 10.00. The molecule has 0 spiro atoms. The number of carbonyl (C=O) groups is 1. The molecular formula is C20H20O3. The van der Waals surface area contributed by atoms with E-state index < -0.39 is 0 Å². The molecule has 0 amide bonds. The van der Waals surface area contributed by atoms with Gasteiger partial charge < -0.3 is 9.47 Å². The second kappa shape index (κ2) is 7.25. The molecule has 0 fully saturated rings. The summed E-state index contributed by atoms with van der Waals surface area (Å²) >= 11 is 0. The van der Waals surface area contributed by atoms with Crippen LogP contribution in [0.15, 0.2) is 54.6 Å². The van der Waals surface area contributed by atoms with Crippen LogP contribution in [0.4, 0.5) is 0 Å². The summed E-state index contributed by atoms with van der Waals surface area (Å²) in [5, 5.41) is 4.27. The fourth-order valence-corrected chi connectivity index (χ4v) is 2.69. The molecule has 3 aromatic rings. The number of rotatable bonds is 6. The van der Waals surface area contributed by atoms with Gasteiger partial charge in [-0.05, 0) is 46.7 Å². The molecule has 0 aromatic heterocycles. The van der Waals surface area contributed by atoms with Gasteiger partial charge in [-0.2, -0.15) is 0 Å². The second-order valence-corrected chi connectivity index (χ2v) is 5.41. The van der Waals surface area contributed by atoms with Crippen molar-refractivity contribution in [1.29, 1.82) is 0 Å². The van der Waals surface area contributed by atoms with Gasteiger partial charge in [0.25, 0.3) is 0 Å². The summed E-state index contributed by atoms with van der Waals surface area (Å²) in [5.74, 6) is -0.276. The monoisotopic (exact) mass is 308 g/mol. The van der Waals surface area contributed by atoms with Crippen LogP contribution in [0.1, 0.15) is 23.7 Å². The molecule has 0 bridgehead atoms. The highest BCUT2D eigenvalue weighted by Crippen LogP contribution is 2.26. The van der Waals surface area contributed by atoms with E-state index in [2.05, 4.69) is 24.3 Å². The maximum atomic E-state index is 12.4. The number of fused-ring (bicyclic) bond motifs is 2. The lowest BCUT2D eigenvalue weighted by Gasteiger charge is -2.09. The smallest absolute Gasteiger partial charge is 0.338 e. The van der Waals surface area contributed by atoms with Crippen molar-refractivity contribution in [3.05, 3.63) is 60.2 Å². The van der Waals surface area contributed by atoms with Crippen LogP contribution in [0, 0.1) is 0 Å². The molecule has 0 aliphatic rings. The molecule has 3 rings (SSSR count). The van der Waals surface area contributed by atoms with E-state index in [1.165, 1.54) is 5.39 Å². The van der Waals surface area contributed by atoms with E-state index in [1.807, 2.05) is 37.3 Å². The van der Waals surface area contributed by atoms with Crippen molar-refractivity contribution in [3.8, 4) is 0 Å². The van der Waals surface area contributed by atoms with Crippen LogP contribution in [0.2, 0.25) is 0 Å². The predicted octanol–water partition coefficient (Wildman–Crippen LogP) is 4.58. The van der Waals surface area contributed by atoms with Gasteiger partial charge in [0.15, 0.2) is 0 Å². The standard InChI is InChI=1S/C20H20O3/c1-2-22-11-6-12-23-20(21)18-10-5-9-17-13-15-7-3-4-8-16(15)14-19(17)18/h3-5,7-10,13-14H,2,6,11-12H2,1H3. The highest BCUT2D eigenvalue weighted by molar-refractivity contribution is 6.08. The SMILES string of the molecule is CCOCCCOC(=O)c1cccc2cc3ccccc3cc12. The zero-order valence-corrected chi connectivity index (χ0v) is 13.2. The lowest BCUT2D eigenvalue weighted by Crippen LogP contribution is -2.09. The third-order valence-electron chi connectivity index (χ3n) is 3.84. The van der Waals surface area contributed by atoms with Crippen LogP contribution in [0.3, 0.4) is 0 Å². The van der Waals surface area contributed by atoms with Gasteiger partial charge >= 0.3 is 5.97 Å². The van der Waals surface area contributed by atoms with E-state index in [4.69, 9.17) is 9.47 Å². The van der Waals surface area contributed by atoms with E-state index in [-0.39, 0.29) is 5.97 Å². The maximum absolute atomic E-state index is 12.4. The Morgan fingerprint density at radius 1 is 0.913 bits per heavy atom. The fraction of sp³-hybridized carbons (Fsp3) is 0.250. The van der Waals surface area contributed by atoms with E-state index in [9.17, 15) is 4.79 Å². The van der Waals surface area contributed by atoms with Crippen LogP contribution < -0.4 is 0 Å². The minimum atomic E-state index is -0.276. The van der Waals surface area contributed by atoms with E-state index >= 15 is 0 Å². The normalized spacial score (nSPS) is 11.0. The first kappa shape index (κ1) is 15.5. The van der Waals surface area contributed by atoms with E-state index in [0.717, 1.165) is 16.2 Å². The van der Waals surface area contributed by atoms with Gasteiger partial charge in [0.05, 0.1) is 12.2 Å². The summed E-state index contributed by atoms with van der Waals surface area (Å²) in [5.41, 5.74) is 0.615. The molecule has 118 valence electrons. The molecule has 23 heavy (non-hydrogen) atoms. The van der Waals surface area contributed by atoms with Gasteiger partial charge in [-0.25, -0.2) is 4.79 Å². The minimum Gasteiger partial charge on any atom is -0.462 e. The molecule has 0 aliphatic heterocycles. The van der Waals surface area contributed by atoms with Crippen LogP contribution in [-0.2, 0) is 9.47 Å². The molecule has 3 heteroatoms. The van der Waals surface area contributed by atoms with Gasteiger partial charge in [0, 0.05) is 19.6 Å². The van der Waals surface area contributed by atoms with Crippen LogP contribution in [0.25, 0.3) is 21.5 Å². The van der Waals surface area contributed by atoms with E-state index in [0.29, 0.717) is 31.8 Å². The van der Waals surface area contributed by atoms with Gasteiger partial charge in [0.1, 0.15) is 0 Å². The van der Waals surface area contributed by atoms with Crippen molar-refractivity contribution < 1.29 is 14.3 Å². The summed E-state index contributed by atoms with van der Waals surface area (Å²) < 4.78 is 10.6. The Balaban J connectivity index is 1.85. The summed E-state index contributed by atoms with van der Waals surface area (Å²) in [6, 6.07) is 18.1. The Labute approximate surface area is 135 Å². The van der Waals surface area contributed by atoms with E-state index in [1.54, 1.807) is 0 Å². The largest absolute Gasteiger partial charge is 0.462 e. The molecule has 0 radical (unpaired) electrons. The Bertz CT molecular complexity index is 823. The number of hydrogen-bond acceptors (Lipinski definition) is 3. The summed E-state index contributed by atoms with van der Waals surface area (Å²) in [6.45, 7) is 3.63. The highest BCUT2D eigenvalue weighted by Gasteiger charge is 2.11. The Hall–Kier alpha value is -2.39. The number of benzene rings is 3. The molecule has 0 heterocycles. The number of esters is 1. The topological polar surface area (TPSA) is 35.5 Å². The van der Waals surface area contributed by atoms with Crippen LogP contribution in [0.5, 0.6) is 0 Å². The Kier molecular flexibility index (Phi) is 4.89. The zero-order valence-electron chi connectivity index (χ0n) is 13.2. The predicted molar refractivity (Wildman–Crippen MR) is 92.8 cm³/mol. The third-order valence-corrected chi connectivity index (χ3v) is 3.84. The highest BCUT2D eigenvalue weighted by atomic mass is 16.5. The average Bonchev–Trinajstić information content (AvgIpc) is 2.59. The van der Waals surface area contributed by atoms with Crippen LogP contribution >= 0.6 is 0 Å². The van der Waals surface area contributed by atoms with Crippen molar-refractivity contribution in [3.63, 3.8) is 0 Å².